The minimum atomic E-state index is -0.484. The van der Waals surface area contributed by atoms with E-state index in [1.54, 1.807) is 0 Å². The Hall–Kier alpha value is -2.55. The van der Waals surface area contributed by atoms with Gasteiger partial charge in [0.25, 0.3) is 0 Å². The molecule has 3 nitrogen and oxygen atoms in total. The fourth-order valence-corrected chi connectivity index (χ4v) is 2.64. The molecule has 3 heteroatoms. The lowest BCUT2D eigenvalue weighted by Crippen LogP contribution is -2.13. The van der Waals surface area contributed by atoms with E-state index >= 15 is 0 Å². The third-order valence-corrected chi connectivity index (χ3v) is 4.15. The van der Waals surface area contributed by atoms with E-state index in [0.29, 0.717) is 11.1 Å². The Kier molecular flexibility index (Phi) is 5.36. The molecular weight excluding hydrogens is 312 g/mol. The molecule has 0 aliphatic heterocycles. The third-order valence-electron chi connectivity index (χ3n) is 4.15. The highest BCUT2D eigenvalue weighted by Crippen LogP contribution is 2.34. The summed E-state index contributed by atoms with van der Waals surface area (Å²) < 4.78 is 5.38. The average molecular weight is 338 g/mol. The van der Waals surface area contributed by atoms with E-state index < -0.39 is 5.97 Å². The zero-order chi connectivity index (χ0) is 18.8. The molecule has 2 aromatic carbocycles. The number of phenols is 1. The molecule has 2 aromatic rings. The maximum absolute atomic E-state index is 12.3. The van der Waals surface area contributed by atoms with Crippen LogP contribution in [0.4, 0.5) is 0 Å². The van der Waals surface area contributed by atoms with Gasteiger partial charge in [0, 0.05) is 5.56 Å². The van der Waals surface area contributed by atoms with Crippen molar-refractivity contribution in [2.75, 3.05) is 0 Å². The molecule has 2 rings (SSSR count). The number of phenolic OH excluding ortho intramolecular Hbond substituents is 1. The highest BCUT2D eigenvalue weighted by atomic mass is 16.5. The maximum Gasteiger partial charge on any atom is 0.338 e. The van der Waals surface area contributed by atoms with Crippen LogP contribution < -0.4 is 0 Å². The standard InChI is InChI=1S/C22H26O3/c1-14-7-9-17(10-8-14)16(3)21(24)25-13-18-11-15(2)12-19(20(18)23)22(4,5)6/h7-12,23H,3,13H2,1-2,4-6H3. The molecule has 0 bridgehead atoms. The summed E-state index contributed by atoms with van der Waals surface area (Å²) in [6.07, 6.45) is 0. The average Bonchev–Trinajstić information content (AvgIpc) is 2.54. The molecule has 0 unspecified atom stereocenters. The molecule has 0 spiro atoms. The summed E-state index contributed by atoms with van der Waals surface area (Å²) in [7, 11) is 0. The van der Waals surface area contributed by atoms with Gasteiger partial charge in [0.1, 0.15) is 12.4 Å². The number of hydrogen-bond acceptors (Lipinski definition) is 3. The van der Waals surface area contributed by atoms with E-state index in [-0.39, 0.29) is 17.8 Å². The van der Waals surface area contributed by atoms with Crippen molar-refractivity contribution in [2.24, 2.45) is 0 Å². The molecule has 0 amide bonds. The van der Waals surface area contributed by atoms with E-state index in [1.807, 2.05) is 71.0 Å². The van der Waals surface area contributed by atoms with Gasteiger partial charge < -0.3 is 9.84 Å². The van der Waals surface area contributed by atoms with Crippen molar-refractivity contribution in [2.45, 2.75) is 46.6 Å². The van der Waals surface area contributed by atoms with Crippen molar-refractivity contribution in [1.29, 1.82) is 0 Å². The van der Waals surface area contributed by atoms with Gasteiger partial charge in [-0.3, -0.25) is 0 Å². The fourth-order valence-electron chi connectivity index (χ4n) is 2.64. The SMILES string of the molecule is C=C(C(=O)OCc1cc(C)cc(C(C)(C)C)c1O)c1ccc(C)cc1. The van der Waals surface area contributed by atoms with Crippen molar-refractivity contribution in [3.63, 3.8) is 0 Å². The van der Waals surface area contributed by atoms with Crippen LogP contribution in [-0.2, 0) is 21.6 Å². The summed E-state index contributed by atoms with van der Waals surface area (Å²) in [5, 5.41) is 10.5. The first-order chi connectivity index (χ1) is 11.6. The van der Waals surface area contributed by atoms with Gasteiger partial charge in [-0.25, -0.2) is 4.79 Å². The lowest BCUT2D eigenvalue weighted by molar-refractivity contribution is -0.137. The van der Waals surface area contributed by atoms with Gasteiger partial charge in [0.05, 0.1) is 5.57 Å². The first kappa shape index (κ1) is 18.8. The summed E-state index contributed by atoms with van der Waals surface area (Å²) in [5.74, 6) is -0.297. The van der Waals surface area contributed by atoms with Gasteiger partial charge in [-0.1, -0.05) is 68.8 Å². The minimum Gasteiger partial charge on any atom is -0.507 e. The number of carbonyl (C=O) groups is 1. The van der Waals surface area contributed by atoms with E-state index in [1.165, 1.54) is 0 Å². The van der Waals surface area contributed by atoms with Crippen LogP contribution >= 0.6 is 0 Å². The monoisotopic (exact) mass is 338 g/mol. The molecule has 0 saturated carbocycles. The predicted octanol–water partition coefficient (Wildman–Crippen LogP) is 5.06. The Morgan fingerprint density at radius 3 is 2.24 bits per heavy atom. The summed E-state index contributed by atoms with van der Waals surface area (Å²) in [6.45, 7) is 13.9. The van der Waals surface area contributed by atoms with E-state index in [0.717, 1.165) is 22.3 Å². The normalized spacial score (nSPS) is 11.2. The number of hydrogen-bond donors (Lipinski definition) is 1. The van der Waals surface area contributed by atoms with Crippen LogP contribution in [0.5, 0.6) is 5.75 Å². The van der Waals surface area contributed by atoms with Gasteiger partial charge >= 0.3 is 5.97 Å². The zero-order valence-corrected chi connectivity index (χ0v) is 15.6. The Bertz CT molecular complexity index is 793. The number of esters is 1. The number of ether oxygens (including phenoxy) is 1. The van der Waals surface area contributed by atoms with Crippen molar-refractivity contribution in [1.82, 2.24) is 0 Å². The number of carbonyl (C=O) groups excluding carboxylic acids is 1. The van der Waals surface area contributed by atoms with E-state index in [4.69, 9.17) is 4.74 Å². The topological polar surface area (TPSA) is 46.5 Å². The number of benzene rings is 2. The lowest BCUT2D eigenvalue weighted by atomic mass is 9.84. The molecule has 0 heterocycles. The molecule has 0 saturated heterocycles. The largest absolute Gasteiger partial charge is 0.507 e. The number of aryl methyl sites for hydroxylation is 2. The first-order valence-electron chi connectivity index (χ1n) is 8.35. The van der Waals surface area contributed by atoms with Crippen LogP contribution in [-0.4, -0.2) is 11.1 Å². The molecule has 1 N–H and O–H groups in total. The number of rotatable bonds is 4. The predicted molar refractivity (Wildman–Crippen MR) is 102 cm³/mol. The molecule has 25 heavy (non-hydrogen) atoms. The van der Waals surface area contributed by atoms with Crippen LogP contribution in [0.3, 0.4) is 0 Å². The van der Waals surface area contributed by atoms with E-state index in [9.17, 15) is 9.90 Å². The maximum atomic E-state index is 12.3. The second-order valence-electron chi connectivity index (χ2n) is 7.49. The Morgan fingerprint density at radius 1 is 1.08 bits per heavy atom. The van der Waals surface area contributed by atoms with Crippen molar-refractivity contribution in [3.8, 4) is 5.75 Å². The molecule has 0 atom stereocenters. The second kappa shape index (κ2) is 7.14. The molecule has 0 aromatic heterocycles. The quantitative estimate of drug-likeness (QED) is 0.626. The van der Waals surface area contributed by atoms with Crippen LogP contribution in [0.25, 0.3) is 5.57 Å². The molecule has 0 radical (unpaired) electrons. The Morgan fingerprint density at radius 2 is 1.68 bits per heavy atom. The lowest BCUT2D eigenvalue weighted by Gasteiger charge is -2.23. The molecule has 0 aliphatic rings. The number of aromatic hydroxyl groups is 1. The Labute approximate surface area is 150 Å². The first-order valence-corrected chi connectivity index (χ1v) is 8.35. The highest BCUT2D eigenvalue weighted by molar-refractivity contribution is 6.15. The summed E-state index contributed by atoms with van der Waals surface area (Å²) in [6, 6.07) is 11.4. The summed E-state index contributed by atoms with van der Waals surface area (Å²) in [5.41, 5.74) is 4.43. The van der Waals surface area contributed by atoms with Crippen LogP contribution in [0.15, 0.2) is 43.0 Å². The smallest absolute Gasteiger partial charge is 0.338 e. The molecular formula is C22H26O3. The van der Waals surface area contributed by atoms with Crippen molar-refractivity contribution in [3.05, 3.63) is 70.8 Å². The second-order valence-corrected chi connectivity index (χ2v) is 7.49. The van der Waals surface area contributed by atoms with Gasteiger partial charge in [-0.15, -0.1) is 0 Å². The van der Waals surface area contributed by atoms with Gasteiger partial charge in [0.2, 0.25) is 0 Å². The zero-order valence-electron chi connectivity index (χ0n) is 15.6. The molecule has 0 aliphatic carbocycles. The third kappa shape index (κ3) is 4.50. The Balaban J connectivity index is 2.16. The fraction of sp³-hybridized carbons (Fsp3) is 0.318. The van der Waals surface area contributed by atoms with Gasteiger partial charge in [0.15, 0.2) is 0 Å². The summed E-state index contributed by atoms with van der Waals surface area (Å²) >= 11 is 0. The molecule has 0 fully saturated rings. The highest BCUT2D eigenvalue weighted by Gasteiger charge is 2.21. The minimum absolute atomic E-state index is 0.0142. The van der Waals surface area contributed by atoms with Gasteiger partial charge in [-0.2, -0.15) is 0 Å². The van der Waals surface area contributed by atoms with Crippen LogP contribution in [0, 0.1) is 13.8 Å². The summed E-state index contributed by atoms with van der Waals surface area (Å²) in [4.78, 5) is 12.3. The van der Waals surface area contributed by atoms with Crippen LogP contribution in [0.1, 0.15) is 48.6 Å². The van der Waals surface area contributed by atoms with Gasteiger partial charge in [-0.05, 0) is 36.5 Å². The van der Waals surface area contributed by atoms with Crippen LogP contribution in [0.2, 0.25) is 0 Å². The molecule has 132 valence electrons. The van der Waals surface area contributed by atoms with Crippen molar-refractivity contribution >= 4 is 11.5 Å². The van der Waals surface area contributed by atoms with Crippen molar-refractivity contribution < 1.29 is 14.6 Å². The van der Waals surface area contributed by atoms with E-state index in [2.05, 4.69) is 6.58 Å².